The monoisotopic (exact) mass is 228 g/mol. The molecule has 2 nitrogen and oxygen atoms in total. The SMILES string of the molecule is CC(N(C)CCCC(C)(C)CN)C(C)(C)C. The Bertz CT molecular complexity index is 191. The standard InChI is InChI=1S/C14H32N2/c1-12(13(2,3)4)16(7)10-8-9-14(5,6)11-15/h12H,8-11,15H2,1-7H3. The average molecular weight is 228 g/mol. The Labute approximate surface area is 103 Å². The molecule has 0 bridgehead atoms. The van der Waals surface area contributed by atoms with Crippen LogP contribution in [0.1, 0.15) is 54.4 Å². The molecule has 0 aromatic heterocycles. The normalized spacial score (nSPS) is 15.6. The molecule has 0 fully saturated rings. The van der Waals surface area contributed by atoms with Crippen molar-refractivity contribution in [3.05, 3.63) is 0 Å². The van der Waals surface area contributed by atoms with E-state index in [2.05, 4.69) is 53.5 Å². The van der Waals surface area contributed by atoms with Gasteiger partial charge in [0.2, 0.25) is 0 Å². The van der Waals surface area contributed by atoms with Gasteiger partial charge in [0, 0.05) is 6.04 Å². The van der Waals surface area contributed by atoms with E-state index in [1.165, 1.54) is 19.4 Å². The smallest absolute Gasteiger partial charge is 0.0112 e. The summed E-state index contributed by atoms with van der Waals surface area (Å²) in [4.78, 5) is 2.46. The van der Waals surface area contributed by atoms with Crippen LogP contribution in [0.2, 0.25) is 0 Å². The molecule has 1 unspecified atom stereocenters. The van der Waals surface area contributed by atoms with E-state index in [0.717, 1.165) is 6.54 Å². The molecule has 0 heterocycles. The molecule has 0 aromatic rings. The van der Waals surface area contributed by atoms with Crippen LogP contribution in [-0.4, -0.2) is 31.1 Å². The second-order valence-corrected chi connectivity index (χ2v) is 6.99. The maximum absolute atomic E-state index is 5.74. The van der Waals surface area contributed by atoms with Crippen molar-refractivity contribution < 1.29 is 0 Å². The number of hydrogen-bond acceptors (Lipinski definition) is 2. The third-order valence-electron chi connectivity index (χ3n) is 3.83. The summed E-state index contributed by atoms with van der Waals surface area (Å²) in [6.45, 7) is 15.7. The zero-order valence-electron chi connectivity index (χ0n) is 12.4. The summed E-state index contributed by atoms with van der Waals surface area (Å²) in [5, 5.41) is 0. The van der Waals surface area contributed by atoms with Gasteiger partial charge in [0.05, 0.1) is 0 Å². The number of hydrogen-bond donors (Lipinski definition) is 1. The first kappa shape index (κ1) is 15.9. The predicted octanol–water partition coefficient (Wildman–Crippen LogP) is 3.12. The first-order chi connectivity index (χ1) is 7.10. The van der Waals surface area contributed by atoms with E-state index in [4.69, 9.17) is 5.73 Å². The fourth-order valence-electron chi connectivity index (χ4n) is 1.76. The lowest BCUT2D eigenvalue weighted by Crippen LogP contribution is -2.40. The minimum atomic E-state index is 0.297. The van der Waals surface area contributed by atoms with Crippen LogP contribution in [0.25, 0.3) is 0 Å². The van der Waals surface area contributed by atoms with Crippen LogP contribution in [0, 0.1) is 10.8 Å². The van der Waals surface area contributed by atoms with Crippen molar-refractivity contribution in [1.29, 1.82) is 0 Å². The van der Waals surface area contributed by atoms with E-state index in [0.29, 0.717) is 16.9 Å². The van der Waals surface area contributed by atoms with Crippen molar-refractivity contribution in [3.8, 4) is 0 Å². The fourth-order valence-corrected chi connectivity index (χ4v) is 1.76. The van der Waals surface area contributed by atoms with Crippen LogP contribution in [0.3, 0.4) is 0 Å². The van der Waals surface area contributed by atoms with Crippen LogP contribution in [-0.2, 0) is 0 Å². The van der Waals surface area contributed by atoms with Gasteiger partial charge in [0.1, 0.15) is 0 Å². The Balaban J connectivity index is 3.95. The molecule has 98 valence electrons. The third-order valence-corrected chi connectivity index (χ3v) is 3.83. The second-order valence-electron chi connectivity index (χ2n) is 6.99. The predicted molar refractivity (Wildman–Crippen MR) is 73.6 cm³/mol. The highest BCUT2D eigenvalue weighted by Crippen LogP contribution is 2.25. The van der Waals surface area contributed by atoms with E-state index < -0.39 is 0 Å². The molecule has 0 rings (SSSR count). The van der Waals surface area contributed by atoms with E-state index in [-0.39, 0.29) is 0 Å². The van der Waals surface area contributed by atoms with Crippen LogP contribution in [0.5, 0.6) is 0 Å². The maximum atomic E-state index is 5.74. The van der Waals surface area contributed by atoms with Crippen LogP contribution in [0.4, 0.5) is 0 Å². The Morgan fingerprint density at radius 3 is 2.00 bits per heavy atom. The Kier molecular flexibility index (Phi) is 5.99. The van der Waals surface area contributed by atoms with Gasteiger partial charge in [-0.2, -0.15) is 0 Å². The van der Waals surface area contributed by atoms with Gasteiger partial charge in [0.15, 0.2) is 0 Å². The van der Waals surface area contributed by atoms with Crippen LogP contribution >= 0.6 is 0 Å². The summed E-state index contributed by atoms with van der Waals surface area (Å²) in [6.07, 6.45) is 2.45. The number of rotatable bonds is 6. The van der Waals surface area contributed by atoms with E-state index in [1.54, 1.807) is 0 Å². The Morgan fingerprint density at radius 1 is 1.12 bits per heavy atom. The Morgan fingerprint density at radius 2 is 1.62 bits per heavy atom. The summed E-state index contributed by atoms with van der Waals surface area (Å²) >= 11 is 0. The van der Waals surface area contributed by atoms with Gasteiger partial charge in [-0.15, -0.1) is 0 Å². The lowest BCUT2D eigenvalue weighted by molar-refractivity contribution is 0.134. The molecule has 0 aliphatic carbocycles. The highest BCUT2D eigenvalue weighted by atomic mass is 15.1. The average Bonchev–Trinajstić information content (AvgIpc) is 2.14. The molecule has 0 aromatic carbocycles. The molecule has 16 heavy (non-hydrogen) atoms. The molecular formula is C14H32N2. The second kappa shape index (κ2) is 6.02. The molecule has 0 saturated heterocycles. The van der Waals surface area contributed by atoms with Gasteiger partial charge in [0.25, 0.3) is 0 Å². The summed E-state index contributed by atoms with van der Waals surface area (Å²) in [6, 6.07) is 0.619. The molecule has 0 radical (unpaired) electrons. The molecule has 0 aliphatic rings. The van der Waals surface area contributed by atoms with Gasteiger partial charge in [-0.25, -0.2) is 0 Å². The zero-order chi connectivity index (χ0) is 13.0. The maximum Gasteiger partial charge on any atom is 0.0112 e. The minimum Gasteiger partial charge on any atom is -0.330 e. The first-order valence-electron chi connectivity index (χ1n) is 6.50. The van der Waals surface area contributed by atoms with Gasteiger partial charge in [-0.3, -0.25) is 0 Å². The fraction of sp³-hybridized carbons (Fsp3) is 1.00. The molecule has 2 N–H and O–H groups in total. The summed E-state index contributed by atoms with van der Waals surface area (Å²) < 4.78 is 0. The number of nitrogens with two attached hydrogens (primary N) is 1. The summed E-state index contributed by atoms with van der Waals surface area (Å²) in [7, 11) is 2.23. The van der Waals surface area contributed by atoms with Crippen LogP contribution < -0.4 is 5.73 Å². The molecule has 0 aliphatic heterocycles. The topological polar surface area (TPSA) is 29.3 Å². The molecule has 0 amide bonds. The molecular weight excluding hydrogens is 196 g/mol. The van der Waals surface area contributed by atoms with Crippen molar-refractivity contribution in [2.24, 2.45) is 16.6 Å². The van der Waals surface area contributed by atoms with Crippen molar-refractivity contribution in [2.45, 2.75) is 60.4 Å². The molecule has 1 atom stereocenters. The first-order valence-corrected chi connectivity index (χ1v) is 6.50. The molecule has 0 saturated carbocycles. The summed E-state index contributed by atoms with van der Waals surface area (Å²) in [5.41, 5.74) is 6.40. The zero-order valence-corrected chi connectivity index (χ0v) is 12.4. The van der Waals surface area contributed by atoms with Gasteiger partial charge < -0.3 is 10.6 Å². The lowest BCUT2D eigenvalue weighted by Gasteiger charge is -2.36. The summed E-state index contributed by atoms with van der Waals surface area (Å²) in [5.74, 6) is 0. The quantitative estimate of drug-likeness (QED) is 0.757. The van der Waals surface area contributed by atoms with E-state index >= 15 is 0 Å². The van der Waals surface area contributed by atoms with Gasteiger partial charge >= 0.3 is 0 Å². The lowest BCUT2D eigenvalue weighted by atomic mass is 9.86. The minimum absolute atomic E-state index is 0.297. The number of nitrogens with zero attached hydrogens (tertiary/aromatic N) is 1. The van der Waals surface area contributed by atoms with Crippen LogP contribution in [0.15, 0.2) is 0 Å². The van der Waals surface area contributed by atoms with Crippen molar-refractivity contribution in [3.63, 3.8) is 0 Å². The van der Waals surface area contributed by atoms with Crippen molar-refractivity contribution in [1.82, 2.24) is 4.90 Å². The van der Waals surface area contributed by atoms with Gasteiger partial charge in [-0.1, -0.05) is 34.6 Å². The molecule has 0 spiro atoms. The highest BCUT2D eigenvalue weighted by molar-refractivity contribution is 4.78. The molecule has 2 heteroatoms. The van der Waals surface area contributed by atoms with E-state index in [1.807, 2.05) is 0 Å². The largest absolute Gasteiger partial charge is 0.330 e. The Hall–Kier alpha value is -0.0800. The van der Waals surface area contributed by atoms with Gasteiger partial charge in [-0.05, 0) is 50.7 Å². The highest BCUT2D eigenvalue weighted by Gasteiger charge is 2.24. The van der Waals surface area contributed by atoms with Crippen molar-refractivity contribution >= 4 is 0 Å². The van der Waals surface area contributed by atoms with Crippen molar-refractivity contribution in [2.75, 3.05) is 20.1 Å². The third kappa shape index (κ3) is 5.86. The van der Waals surface area contributed by atoms with E-state index in [9.17, 15) is 0 Å².